The number of nitrogens with zero attached hydrogens (tertiary/aromatic N) is 1. The standard InChI is InChI=1S/C11H24N2O2S/c1-4-16(14,15)13(8-10(2)3)9-11-6-5-7-12-11/h10-12H,4-9H2,1-3H3. The lowest BCUT2D eigenvalue weighted by Crippen LogP contribution is -2.43. The normalized spacial score (nSPS) is 22.2. The van der Waals surface area contributed by atoms with Crippen LogP contribution < -0.4 is 5.32 Å². The molecule has 0 aromatic heterocycles. The lowest BCUT2D eigenvalue weighted by atomic mass is 10.2. The minimum atomic E-state index is -3.05. The van der Waals surface area contributed by atoms with Crippen molar-refractivity contribution in [3.05, 3.63) is 0 Å². The summed E-state index contributed by atoms with van der Waals surface area (Å²) in [4.78, 5) is 0. The minimum Gasteiger partial charge on any atom is -0.313 e. The lowest BCUT2D eigenvalue weighted by Gasteiger charge is -2.26. The van der Waals surface area contributed by atoms with Gasteiger partial charge in [-0.25, -0.2) is 12.7 Å². The summed E-state index contributed by atoms with van der Waals surface area (Å²) in [6.07, 6.45) is 2.25. The molecule has 0 bridgehead atoms. The topological polar surface area (TPSA) is 49.4 Å². The number of sulfonamides is 1. The third-order valence-corrected chi connectivity index (χ3v) is 4.73. The smallest absolute Gasteiger partial charge is 0.213 e. The predicted octanol–water partition coefficient (Wildman–Crippen LogP) is 1.05. The van der Waals surface area contributed by atoms with Gasteiger partial charge in [-0.05, 0) is 32.2 Å². The number of nitrogens with one attached hydrogen (secondary N) is 1. The van der Waals surface area contributed by atoms with Gasteiger partial charge in [-0.3, -0.25) is 0 Å². The molecule has 5 heteroatoms. The van der Waals surface area contributed by atoms with E-state index in [1.807, 2.05) is 0 Å². The van der Waals surface area contributed by atoms with Crippen molar-refractivity contribution in [3.63, 3.8) is 0 Å². The molecule has 0 saturated carbocycles. The van der Waals surface area contributed by atoms with Crippen molar-refractivity contribution in [2.45, 2.75) is 39.7 Å². The van der Waals surface area contributed by atoms with Gasteiger partial charge in [-0.15, -0.1) is 0 Å². The lowest BCUT2D eigenvalue weighted by molar-refractivity contribution is 0.337. The van der Waals surface area contributed by atoms with Crippen LogP contribution in [0.25, 0.3) is 0 Å². The summed E-state index contributed by atoms with van der Waals surface area (Å²) in [7, 11) is -3.05. The van der Waals surface area contributed by atoms with Crippen LogP contribution in [0.1, 0.15) is 33.6 Å². The molecule has 1 saturated heterocycles. The van der Waals surface area contributed by atoms with Crippen LogP contribution in [0.3, 0.4) is 0 Å². The van der Waals surface area contributed by atoms with Crippen molar-refractivity contribution in [1.82, 2.24) is 9.62 Å². The Hall–Kier alpha value is -0.130. The van der Waals surface area contributed by atoms with Crippen LogP contribution in [0.4, 0.5) is 0 Å². The Labute approximate surface area is 99.5 Å². The van der Waals surface area contributed by atoms with Crippen molar-refractivity contribution in [2.24, 2.45) is 5.92 Å². The van der Waals surface area contributed by atoms with Crippen molar-refractivity contribution in [2.75, 3.05) is 25.4 Å². The Morgan fingerprint density at radius 1 is 1.44 bits per heavy atom. The van der Waals surface area contributed by atoms with Gasteiger partial charge >= 0.3 is 0 Å². The predicted molar refractivity (Wildman–Crippen MR) is 66.9 cm³/mol. The van der Waals surface area contributed by atoms with Gasteiger partial charge in [0.05, 0.1) is 5.75 Å². The SMILES string of the molecule is CCS(=O)(=O)N(CC(C)C)CC1CCCN1. The fraction of sp³-hybridized carbons (Fsp3) is 1.00. The molecule has 0 aromatic carbocycles. The Morgan fingerprint density at radius 3 is 2.56 bits per heavy atom. The van der Waals surface area contributed by atoms with Gasteiger partial charge in [0.25, 0.3) is 0 Å². The Balaban J connectivity index is 2.63. The zero-order valence-electron chi connectivity index (χ0n) is 10.6. The first-order valence-electron chi connectivity index (χ1n) is 6.17. The molecule has 1 aliphatic rings. The Morgan fingerprint density at radius 2 is 2.12 bits per heavy atom. The molecule has 1 unspecified atom stereocenters. The summed E-state index contributed by atoms with van der Waals surface area (Å²) < 4.78 is 25.5. The summed E-state index contributed by atoms with van der Waals surface area (Å²) in [5, 5.41) is 3.35. The second kappa shape index (κ2) is 5.98. The molecule has 96 valence electrons. The van der Waals surface area contributed by atoms with E-state index in [-0.39, 0.29) is 5.75 Å². The average molecular weight is 248 g/mol. The van der Waals surface area contributed by atoms with Crippen molar-refractivity contribution in [1.29, 1.82) is 0 Å². The summed E-state index contributed by atoms with van der Waals surface area (Å²) in [5.74, 6) is 0.578. The highest BCUT2D eigenvalue weighted by Gasteiger charge is 2.25. The number of rotatable bonds is 6. The van der Waals surface area contributed by atoms with Gasteiger partial charge in [0.15, 0.2) is 0 Å². The monoisotopic (exact) mass is 248 g/mol. The maximum atomic E-state index is 11.9. The molecular formula is C11H24N2O2S. The van der Waals surface area contributed by atoms with Crippen LogP contribution in [-0.4, -0.2) is 44.2 Å². The highest BCUT2D eigenvalue weighted by molar-refractivity contribution is 7.89. The van der Waals surface area contributed by atoms with E-state index >= 15 is 0 Å². The zero-order valence-corrected chi connectivity index (χ0v) is 11.4. The van der Waals surface area contributed by atoms with Gasteiger partial charge in [-0.2, -0.15) is 0 Å². The van der Waals surface area contributed by atoms with E-state index in [2.05, 4.69) is 19.2 Å². The molecular weight excluding hydrogens is 224 g/mol. The molecule has 16 heavy (non-hydrogen) atoms. The van der Waals surface area contributed by atoms with Gasteiger partial charge in [0, 0.05) is 19.1 Å². The quantitative estimate of drug-likeness (QED) is 0.764. The summed E-state index contributed by atoms with van der Waals surface area (Å²) in [6, 6.07) is 0.347. The largest absolute Gasteiger partial charge is 0.313 e. The summed E-state index contributed by atoms with van der Waals surface area (Å²) in [6.45, 7) is 8.11. The second-order valence-corrected chi connectivity index (χ2v) is 7.16. The fourth-order valence-corrected chi connectivity index (χ4v) is 3.35. The Bertz CT molecular complexity index is 295. The minimum absolute atomic E-state index is 0.201. The summed E-state index contributed by atoms with van der Waals surface area (Å²) in [5.41, 5.74) is 0. The van der Waals surface area contributed by atoms with Crippen LogP contribution in [0.5, 0.6) is 0 Å². The molecule has 0 aliphatic carbocycles. The van der Waals surface area contributed by atoms with E-state index in [0.29, 0.717) is 25.0 Å². The maximum absolute atomic E-state index is 11.9. The van der Waals surface area contributed by atoms with Crippen molar-refractivity contribution >= 4 is 10.0 Å². The molecule has 1 rings (SSSR count). The van der Waals surface area contributed by atoms with Gasteiger partial charge < -0.3 is 5.32 Å². The molecule has 1 N–H and O–H groups in total. The van der Waals surface area contributed by atoms with Crippen LogP contribution in [-0.2, 0) is 10.0 Å². The van der Waals surface area contributed by atoms with Gasteiger partial charge in [0.2, 0.25) is 10.0 Å². The van der Waals surface area contributed by atoms with Crippen LogP contribution in [0.2, 0.25) is 0 Å². The van der Waals surface area contributed by atoms with E-state index in [1.54, 1.807) is 11.2 Å². The number of hydrogen-bond donors (Lipinski definition) is 1. The molecule has 0 spiro atoms. The van der Waals surface area contributed by atoms with Crippen LogP contribution in [0, 0.1) is 5.92 Å². The van der Waals surface area contributed by atoms with Gasteiger partial charge in [-0.1, -0.05) is 13.8 Å². The third kappa shape index (κ3) is 4.03. The second-order valence-electron chi connectivity index (χ2n) is 4.90. The Kier molecular flexibility index (Phi) is 5.21. The molecule has 0 aromatic rings. The molecule has 1 heterocycles. The molecule has 1 atom stereocenters. The molecule has 1 fully saturated rings. The maximum Gasteiger partial charge on any atom is 0.213 e. The van der Waals surface area contributed by atoms with E-state index in [1.165, 1.54) is 0 Å². The van der Waals surface area contributed by atoms with E-state index in [0.717, 1.165) is 19.4 Å². The first-order chi connectivity index (χ1) is 7.45. The first-order valence-corrected chi connectivity index (χ1v) is 7.77. The molecule has 0 amide bonds. The fourth-order valence-electron chi connectivity index (χ4n) is 2.05. The molecule has 4 nitrogen and oxygen atoms in total. The van der Waals surface area contributed by atoms with E-state index in [4.69, 9.17) is 0 Å². The highest BCUT2D eigenvalue weighted by atomic mass is 32.2. The van der Waals surface area contributed by atoms with Crippen LogP contribution >= 0.6 is 0 Å². The van der Waals surface area contributed by atoms with Crippen LogP contribution in [0.15, 0.2) is 0 Å². The number of hydrogen-bond acceptors (Lipinski definition) is 3. The average Bonchev–Trinajstić information content (AvgIpc) is 2.69. The van der Waals surface area contributed by atoms with E-state index < -0.39 is 10.0 Å². The first kappa shape index (κ1) is 13.9. The van der Waals surface area contributed by atoms with Crippen molar-refractivity contribution < 1.29 is 8.42 Å². The third-order valence-electron chi connectivity index (χ3n) is 2.91. The molecule has 1 aliphatic heterocycles. The van der Waals surface area contributed by atoms with E-state index in [9.17, 15) is 8.42 Å². The summed E-state index contributed by atoms with van der Waals surface area (Å²) >= 11 is 0. The van der Waals surface area contributed by atoms with Gasteiger partial charge in [0.1, 0.15) is 0 Å². The zero-order chi connectivity index (χ0) is 12.2. The molecule has 0 radical (unpaired) electrons. The highest BCUT2D eigenvalue weighted by Crippen LogP contribution is 2.12. The van der Waals surface area contributed by atoms with Crippen molar-refractivity contribution in [3.8, 4) is 0 Å².